The van der Waals surface area contributed by atoms with E-state index in [1.807, 2.05) is 0 Å². The highest BCUT2D eigenvalue weighted by Crippen LogP contribution is 2.37. The van der Waals surface area contributed by atoms with Gasteiger partial charge in [-0.15, -0.1) is 0 Å². The average Bonchev–Trinajstić information content (AvgIpc) is 2.82. The molecule has 0 aromatic carbocycles. The monoisotopic (exact) mass is 296 g/mol. The van der Waals surface area contributed by atoms with Gasteiger partial charge < -0.3 is 10.0 Å². The van der Waals surface area contributed by atoms with Gasteiger partial charge in [-0.05, 0) is 30.1 Å². The van der Waals surface area contributed by atoms with Crippen LogP contribution in [0.3, 0.4) is 0 Å². The number of aliphatic hydroxyl groups is 1. The second-order valence-electron chi connectivity index (χ2n) is 7.25. The Kier molecular flexibility index (Phi) is 4.75. The molecule has 0 bridgehead atoms. The van der Waals surface area contributed by atoms with Crippen molar-refractivity contribution < 1.29 is 5.11 Å². The van der Waals surface area contributed by atoms with Gasteiger partial charge in [-0.2, -0.15) is 0 Å². The predicted molar refractivity (Wildman–Crippen MR) is 86.5 cm³/mol. The lowest BCUT2D eigenvalue weighted by Gasteiger charge is -2.38. The van der Waals surface area contributed by atoms with E-state index in [9.17, 15) is 5.11 Å². The molecule has 1 aliphatic heterocycles. The highest BCUT2D eigenvalue weighted by atomic mass is 32.1. The first-order valence-corrected chi connectivity index (χ1v) is 8.50. The van der Waals surface area contributed by atoms with Gasteiger partial charge in [0.25, 0.3) is 0 Å². The standard InChI is InChI=1S/C16H28N2OS/c1-11(2)14-13(10-19)20-15(17-14)18-8-6-12(7-9-18)16(3,4)5/h11-12,19H,6-10H2,1-5H3. The van der Waals surface area contributed by atoms with E-state index in [0.29, 0.717) is 11.3 Å². The molecule has 0 saturated carbocycles. The molecule has 114 valence electrons. The number of piperidine rings is 1. The lowest BCUT2D eigenvalue weighted by Crippen LogP contribution is -2.38. The van der Waals surface area contributed by atoms with Gasteiger partial charge in [-0.25, -0.2) is 4.98 Å². The van der Waals surface area contributed by atoms with Crippen molar-refractivity contribution in [1.29, 1.82) is 0 Å². The molecular weight excluding hydrogens is 268 g/mol. The van der Waals surface area contributed by atoms with Crippen molar-refractivity contribution in [2.45, 2.75) is 60.0 Å². The molecule has 1 fully saturated rings. The Morgan fingerprint density at radius 3 is 2.30 bits per heavy atom. The summed E-state index contributed by atoms with van der Waals surface area (Å²) < 4.78 is 0. The molecule has 0 atom stereocenters. The lowest BCUT2D eigenvalue weighted by atomic mass is 9.75. The van der Waals surface area contributed by atoms with Crippen molar-refractivity contribution in [3.05, 3.63) is 10.6 Å². The average molecular weight is 296 g/mol. The van der Waals surface area contributed by atoms with Crippen LogP contribution in [0.15, 0.2) is 0 Å². The molecule has 0 aliphatic carbocycles. The van der Waals surface area contributed by atoms with Crippen LogP contribution in [0.25, 0.3) is 0 Å². The summed E-state index contributed by atoms with van der Waals surface area (Å²) in [6.45, 7) is 13.6. The summed E-state index contributed by atoms with van der Waals surface area (Å²) in [4.78, 5) is 8.21. The summed E-state index contributed by atoms with van der Waals surface area (Å²) in [7, 11) is 0. The Hall–Kier alpha value is -0.610. The molecular formula is C16H28N2OS. The number of nitrogens with zero attached hydrogens (tertiary/aromatic N) is 2. The summed E-state index contributed by atoms with van der Waals surface area (Å²) in [6, 6.07) is 0. The van der Waals surface area contributed by atoms with Gasteiger partial charge in [0.1, 0.15) is 0 Å². The van der Waals surface area contributed by atoms with Gasteiger partial charge in [0.2, 0.25) is 0 Å². The van der Waals surface area contributed by atoms with E-state index < -0.39 is 0 Å². The molecule has 2 heterocycles. The highest BCUT2D eigenvalue weighted by molar-refractivity contribution is 7.15. The Labute approximate surface area is 127 Å². The molecule has 1 aromatic heterocycles. The molecule has 3 nitrogen and oxygen atoms in total. The third-order valence-corrected chi connectivity index (χ3v) is 5.51. The third-order valence-electron chi connectivity index (χ3n) is 4.40. The van der Waals surface area contributed by atoms with Crippen molar-refractivity contribution >= 4 is 16.5 Å². The van der Waals surface area contributed by atoms with Crippen molar-refractivity contribution in [3.63, 3.8) is 0 Å². The molecule has 1 N–H and O–H groups in total. The summed E-state index contributed by atoms with van der Waals surface area (Å²) in [5, 5.41) is 10.6. The summed E-state index contributed by atoms with van der Waals surface area (Å²) >= 11 is 1.67. The Balaban J connectivity index is 2.07. The van der Waals surface area contributed by atoms with Crippen molar-refractivity contribution in [3.8, 4) is 0 Å². The maximum atomic E-state index is 9.48. The molecule has 0 radical (unpaired) electrons. The molecule has 0 amide bonds. The van der Waals surface area contributed by atoms with Crippen LogP contribution in [-0.4, -0.2) is 23.2 Å². The molecule has 20 heavy (non-hydrogen) atoms. The van der Waals surface area contributed by atoms with Crippen LogP contribution in [0.5, 0.6) is 0 Å². The molecule has 1 saturated heterocycles. The zero-order valence-corrected chi connectivity index (χ0v) is 14.3. The number of hydrogen-bond donors (Lipinski definition) is 1. The van der Waals surface area contributed by atoms with Crippen molar-refractivity contribution in [2.75, 3.05) is 18.0 Å². The van der Waals surface area contributed by atoms with Crippen LogP contribution in [0.4, 0.5) is 5.13 Å². The van der Waals surface area contributed by atoms with Crippen LogP contribution in [-0.2, 0) is 6.61 Å². The summed E-state index contributed by atoms with van der Waals surface area (Å²) in [6.07, 6.45) is 2.49. The van der Waals surface area contributed by atoms with E-state index in [4.69, 9.17) is 4.98 Å². The zero-order chi connectivity index (χ0) is 14.9. The van der Waals surface area contributed by atoms with Crippen LogP contribution >= 0.6 is 11.3 Å². The van der Waals surface area contributed by atoms with Crippen LogP contribution < -0.4 is 4.90 Å². The Bertz CT molecular complexity index is 440. The van der Waals surface area contributed by atoms with Crippen LogP contribution in [0.1, 0.15) is 63.9 Å². The smallest absolute Gasteiger partial charge is 0.185 e. The minimum Gasteiger partial charge on any atom is -0.391 e. The first kappa shape index (κ1) is 15.8. The van der Waals surface area contributed by atoms with E-state index >= 15 is 0 Å². The second kappa shape index (κ2) is 6.02. The number of thiazole rings is 1. The van der Waals surface area contributed by atoms with Gasteiger partial charge in [0, 0.05) is 13.1 Å². The second-order valence-corrected chi connectivity index (χ2v) is 8.31. The molecule has 0 spiro atoms. The summed E-state index contributed by atoms with van der Waals surface area (Å²) in [5.41, 5.74) is 1.49. The highest BCUT2D eigenvalue weighted by Gasteiger charge is 2.30. The van der Waals surface area contributed by atoms with Crippen LogP contribution in [0, 0.1) is 11.3 Å². The lowest BCUT2D eigenvalue weighted by molar-refractivity contribution is 0.199. The first-order valence-electron chi connectivity index (χ1n) is 7.68. The van der Waals surface area contributed by atoms with Gasteiger partial charge in [0.05, 0.1) is 17.2 Å². The molecule has 4 heteroatoms. The van der Waals surface area contributed by atoms with Crippen molar-refractivity contribution in [1.82, 2.24) is 4.98 Å². The van der Waals surface area contributed by atoms with E-state index in [-0.39, 0.29) is 6.61 Å². The maximum absolute atomic E-state index is 9.48. The number of aromatic nitrogens is 1. The van der Waals surface area contributed by atoms with E-state index in [2.05, 4.69) is 39.5 Å². The SMILES string of the molecule is CC(C)c1nc(N2CCC(C(C)(C)C)CC2)sc1CO. The quantitative estimate of drug-likeness (QED) is 0.915. The maximum Gasteiger partial charge on any atom is 0.185 e. The third kappa shape index (κ3) is 3.34. The van der Waals surface area contributed by atoms with Gasteiger partial charge >= 0.3 is 0 Å². The van der Waals surface area contributed by atoms with Crippen LogP contribution in [0.2, 0.25) is 0 Å². The number of aliphatic hydroxyl groups excluding tert-OH is 1. The minimum absolute atomic E-state index is 0.115. The summed E-state index contributed by atoms with van der Waals surface area (Å²) in [5.74, 6) is 1.19. The zero-order valence-electron chi connectivity index (χ0n) is 13.4. The topological polar surface area (TPSA) is 36.4 Å². The molecule has 1 aromatic rings. The fraction of sp³-hybridized carbons (Fsp3) is 0.812. The fourth-order valence-corrected chi connectivity index (χ4v) is 4.11. The first-order chi connectivity index (χ1) is 9.32. The molecule has 1 aliphatic rings. The number of hydrogen-bond acceptors (Lipinski definition) is 4. The predicted octanol–water partition coefficient (Wildman–Crippen LogP) is 4.02. The largest absolute Gasteiger partial charge is 0.391 e. The van der Waals surface area contributed by atoms with E-state index in [1.165, 1.54) is 12.8 Å². The van der Waals surface area contributed by atoms with Gasteiger partial charge in [-0.1, -0.05) is 46.0 Å². The molecule has 0 unspecified atom stereocenters. The van der Waals surface area contributed by atoms with E-state index in [0.717, 1.165) is 34.7 Å². The Morgan fingerprint density at radius 2 is 1.90 bits per heavy atom. The number of rotatable bonds is 3. The molecule has 2 rings (SSSR count). The van der Waals surface area contributed by atoms with Gasteiger partial charge in [-0.3, -0.25) is 0 Å². The van der Waals surface area contributed by atoms with Crippen molar-refractivity contribution in [2.24, 2.45) is 11.3 Å². The minimum atomic E-state index is 0.115. The normalized spacial score (nSPS) is 18.1. The number of anilines is 1. The van der Waals surface area contributed by atoms with Gasteiger partial charge in [0.15, 0.2) is 5.13 Å². The Morgan fingerprint density at radius 1 is 1.30 bits per heavy atom. The fourth-order valence-electron chi connectivity index (χ4n) is 2.99. The van der Waals surface area contributed by atoms with E-state index in [1.54, 1.807) is 11.3 Å².